The Morgan fingerprint density at radius 2 is 0.694 bits per heavy atom. The van der Waals surface area contributed by atoms with Crippen LogP contribution in [0.25, 0.3) is 0 Å². The van der Waals surface area contributed by atoms with Crippen LogP contribution in [0.1, 0.15) is 194 Å². The predicted octanol–water partition coefficient (Wildman–Crippen LogP) is 12.0. The van der Waals surface area contributed by atoms with Gasteiger partial charge in [0, 0.05) is 20.3 Å². The molecule has 0 aliphatic heterocycles. The fraction of sp³-hybridized carbons (Fsp3) is 1.00. The molecule has 2 heteroatoms. The van der Waals surface area contributed by atoms with E-state index in [2.05, 4.69) is 20.8 Å². The van der Waals surface area contributed by atoms with E-state index >= 15 is 0 Å². The Bertz CT molecular complexity index is 397. The topological polar surface area (TPSA) is 18.5 Å². The normalized spacial score (nSPS) is 13.3. The van der Waals surface area contributed by atoms with Crippen molar-refractivity contribution in [2.75, 3.05) is 20.3 Å². The Morgan fingerprint density at radius 1 is 0.361 bits per heavy atom. The van der Waals surface area contributed by atoms with E-state index in [0.29, 0.717) is 0 Å². The van der Waals surface area contributed by atoms with E-state index < -0.39 is 0 Å². The quantitative estimate of drug-likeness (QED) is 0.0863. The molecular weight excluding hydrogens is 440 g/mol. The lowest BCUT2D eigenvalue weighted by Gasteiger charge is -2.35. The zero-order valence-corrected chi connectivity index (χ0v) is 25.8. The number of ether oxygens (including phenoxy) is 2. The Morgan fingerprint density at radius 3 is 1.08 bits per heavy atom. The molecule has 1 atom stereocenters. The minimum Gasteiger partial charge on any atom is -0.385 e. The van der Waals surface area contributed by atoms with Gasteiger partial charge in [-0.05, 0) is 32.1 Å². The molecule has 0 radical (unpaired) electrons. The summed E-state index contributed by atoms with van der Waals surface area (Å²) in [6.45, 7) is 8.76. The summed E-state index contributed by atoms with van der Waals surface area (Å²) in [5.41, 5.74) is 0.102. The van der Waals surface area contributed by atoms with Crippen molar-refractivity contribution in [3.8, 4) is 0 Å². The van der Waals surface area contributed by atoms with Gasteiger partial charge in [0.2, 0.25) is 0 Å². The third-order valence-electron chi connectivity index (χ3n) is 8.11. The van der Waals surface area contributed by atoms with Gasteiger partial charge in [-0.15, -0.1) is 0 Å². The van der Waals surface area contributed by atoms with Crippen molar-refractivity contribution in [3.05, 3.63) is 0 Å². The van der Waals surface area contributed by atoms with Crippen molar-refractivity contribution >= 4 is 0 Å². The number of hydrogen-bond donors (Lipinski definition) is 0. The largest absolute Gasteiger partial charge is 0.385 e. The Kier molecular flexibility index (Phi) is 29.4. The van der Waals surface area contributed by atoms with Crippen LogP contribution in [0.3, 0.4) is 0 Å². The van der Waals surface area contributed by atoms with Crippen molar-refractivity contribution < 1.29 is 9.47 Å². The lowest BCUT2D eigenvalue weighted by molar-refractivity contribution is -0.0715. The number of rotatable bonds is 31. The van der Waals surface area contributed by atoms with Gasteiger partial charge in [-0.3, -0.25) is 0 Å². The molecule has 218 valence electrons. The van der Waals surface area contributed by atoms with Crippen LogP contribution in [0.5, 0.6) is 0 Å². The number of unbranched alkanes of at least 4 members (excludes halogenated alkanes) is 20. The summed E-state index contributed by atoms with van der Waals surface area (Å²) in [6.07, 6.45) is 36.7. The van der Waals surface area contributed by atoms with Crippen molar-refractivity contribution in [2.24, 2.45) is 0 Å². The summed E-state index contributed by atoms with van der Waals surface area (Å²) in [4.78, 5) is 0. The lowest BCUT2D eigenvalue weighted by atomic mass is 9.85. The molecule has 0 saturated carbocycles. The zero-order valence-electron chi connectivity index (χ0n) is 25.8. The molecule has 0 aromatic heterocycles. The highest BCUT2D eigenvalue weighted by Crippen LogP contribution is 2.32. The monoisotopic (exact) mass is 511 g/mol. The molecule has 0 fully saturated rings. The Labute approximate surface area is 229 Å². The molecule has 0 rings (SSSR count). The van der Waals surface area contributed by atoms with Gasteiger partial charge in [0.15, 0.2) is 0 Å². The molecule has 36 heavy (non-hydrogen) atoms. The van der Waals surface area contributed by atoms with Crippen LogP contribution in [-0.4, -0.2) is 25.9 Å². The van der Waals surface area contributed by atoms with Crippen molar-refractivity contribution in [2.45, 2.75) is 200 Å². The summed E-state index contributed by atoms with van der Waals surface area (Å²) in [6, 6.07) is 0. The minimum absolute atomic E-state index is 0.102. The van der Waals surface area contributed by atoms with Gasteiger partial charge in [0.05, 0.1) is 5.60 Å². The summed E-state index contributed by atoms with van der Waals surface area (Å²) in [5, 5.41) is 0. The van der Waals surface area contributed by atoms with E-state index in [1.165, 1.54) is 167 Å². The van der Waals surface area contributed by atoms with Gasteiger partial charge >= 0.3 is 0 Å². The van der Waals surface area contributed by atoms with Crippen molar-refractivity contribution in [1.82, 2.24) is 0 Å². The molecule has 0 aromatic carbocycles. The first-order chi connectivity index (χ1) is 17.7. The second kappa shape index (κ2) is 29.5. The highest BCUT2D eigenvalue weighted by molar-refractivity contribution is 4.81. The van der Waals surface area contributed by atoms with Crippen molar-refractivity contribution in [1.29, 1.82) is 0 Å². The van der Waals surface area contributed by atoms with Gasteiger partial charge < -0.3 is 9.47 Å². The second-order valence-corrected chi connectivity index (χ2v) is 11.7. The van der Waals surface area contributed by atoms with Gasteiger partial charge in [-0.1, -0.05) is 162 Å². The first-order valence-electron chi connectivity index (χ1n) is 16.9. The van der Waals surface area contributed by atoms with Gasteiger partial charge in [0.1, 0.15) is 0 Å². The third kappa shape index (κ3) is 24.3. The van der Waals surface area contributed by atoms with E-state index in [1.807, 2.05) is 7.11 Å². The molecule has 0 N–H and O–H groups in total. The SMILES string of the molecule is CCCCCCCCCCOC(CCCCCCCCC)(CCCCCCCCCC)CCCOC. The molecule has 0 aliphatic carbocycles. The molecule has 0 aliphatic rings. The fourth-order valence-corrected chi connectivity index (χ4v) is 5.64. The van der Waals surface area contributed by atoms with Gasteiger partial charge in [0.25, 0.3) is 0 Å². The van der Waals surface area contributed by atoms with E-state index in [-0.39, 0.29) is 5.60 Å². The van der Waals surface area contributed by atoms with Crippen LogP contribution < -0.4 is 0 Å². The summed E-state index contributed by atoms with van der Waals surface area (Å²) < 4.78 is 12.3. The average molecular weight is 511 g/mol. The smallest absolute Gasteiger partial charge is 0.0683 e. The average Bonchev–Trinajstić information content (AvgIpc) is 2.89. The molecule has 0 saturated heterocycles. The molecule has 0 amide bonds. The fourth-order valence-electron chi connectivity index (χ4n) is 5.64. The van der Waals surface area contributed by atoms with E-state index in [4.69, 9.17) is 9.47 Å². The van der Waals surface area contributed by atoms with E-state index in [9.17, 15) is 0 Å². The summed E-state index contributed by atoms with van der Waals surface area (Å²) in [7, 11) is 1.85. The zero-order chi connectivity index (χ0) is 26.4. The van der Waals surface area contributed by atoms with E-state index in [1.54, 1.807) is 0 Å². The summed E-state index contributed by atoms with van der Waals surface area (Å²) in [5.74, 6) is 0. The predicted molar refractivity (Wildman–Crippen MR) is 162 cm³/mol. The van der Waals surface area contributed by atoms with Crippen LogP contribution in [0.4, 0.5) is 0 Å². The first kappa shape index (κ1) is 35.9. The van der Waals surface area contributed by atoms with Crippen LogP contribution in [-0.2, 0) is 9.47 Å². The first-order valence-corrected chi connectivity index (χ1v) is 16.9. The van der Waals surface area contributed by atoms with Gasteiger partial charge in [-0.2, -0.15) is 0 Å². The van der Waals surface area contributed by atoms with Crippen molar-refractivity contribution in [3.63, 3.8) is 0 Å². The molecule has 0 aromatic rings. The van der Waals surface area contributed by atoms with E-state index in [0.717, 1.165) is 19.6 Å². The maximum absolute atomic E-state index is 6.87. The van der Waals surface area contributed by atoms with Crippen LogP contribution in [0.2, 0.25) is 0 Å². The lowest BCUT2D eigenvalue weighted by Crippen LogP contribution is -2.34. The van der Waals surface area contributed by atoms with Crippen LogP contribution >= 0.6 is 0 Å². The Hall–Kier alpha value is -0.0800. The Balaban J connectivity index is 4.59. The molecule has 0 bridgehead atoms. The molecular formula is C34H70O2. The highest BCUT2D eigenvalue weighted by Gasteiger charge is 2.29. The summed E-state index contributed by atoms with van der Waals surface area (Å²) >= 11 is 0. The molecule has 2 nitrogen and oxygen atoms in total. The highest BCUT2D eigenvalue weighted by atomic mass is 16.5. The van der Waals surface area contributed by atoms with Gasteiger partial charge in [-0.25, -0.2) is 0 Å². The number of methoxy groups -OCH3 is 1. The maximum Gasteiger partial charge on any atom is 0.0683 e. The molecule has 1 unspecified atom stereocenters. The minimum atomic E-state index is 0.102. The van der Waals surface area contributed by atoms with Crippen LogP contribution in [0, 0.1) is 0 Å². The molecule has 0 heterocycles. The van der Waals surface area contributed by atoms with Crippen LogP contribution in [0.15, 0.2) is 0 Å². The maximum atomic E-state index is 6.87. The standard InChI is InChI=1S/C34H70O2/c1-5-8-11-14-17-20-23-26-30-34(31-28-32-35-4,29-25-22-19-16-13-10-7-3)36-33-27-24-21-18-15-12-9-6-2/h5-33H2,1-4H3. The number of hydrogen-bond acceptors (Lipinski definition) is 2. The second-order valence-electron chi connectivity index (χ2n) is 11.7. The molecule has 0 spiro atoms. The third-order valence-corrected chi connectivity index (χ3v) is 8.11.